The van der Waals surface area contributed by atoms with Crippen molar-refractivity contribution in [1.29, 1.82) is 0 Å². The van der Waals surface area contributed by atoms with Crippen molar-refractivity contribution in [1.82, 2.24) is 4.90 Å². The summed E-state index contributed by atoms with van der Waals surface area (Å²) >= 11 is 0. The fraction of sp³-hybridized carbons (Fsp3) is 0.909. The first kappa shape index (κ1) is 11.5. The normalized spacial score (nSPS) is 19.6. The molecule has 1 amide bonds. The highest BCUT2D eigenvalue weighted by Gasteiger charge is 2.22. The molecule has 0 aromatic rings. The van der Waals surface area contributed by atoms with E-state index in [9.17, 15) is 4.79 Å². The first-order valence-corrected chi connectivity index (χ1v) is 5.43. The van der Waals surface area contributed by atoms with Crippen LogP contribution in [0.2, 0.25) is 0 Å². The predicted molar refractivity (Wildman–Crippen MR) is 56.1 cm³/mol. The summed E-state index contributed by atoms with van der Waals surface area (Å²) < 4.78 is 5.01. The molecule has 0 heterocycles. The van der Waals surface area contributed by atoms with E-state index in [-0.39, 0.29) is 12.0 Å². The van der Waals surface area contributed by atoms with Crippen molar-refractivity contribution in [3.05, 3.63) is 0 Å². The maximum Gasteiger partial charge on any atom is 0.251 e. The highest BCUT2D eigenvalue weighted by molar-refractivity contribution is 5.80. The van der Waals surface area contributed by atoms with Crippen molar-refractivity contribution in [2.75, 3.05) is 20.7 Å². The van der Waals surface area contributed by atoms with Gasteiger partial charge in [-0.05, 0) is 25.7 Å². The van der Waals surface area contributed by atoms with Crippen LogP contribution in [0.4, 0.5) is 0 Å². The van der Waals surface area contributed by atoms with Crippen molar-refractivity contribution in [2.24, 2.45) is 5.92 Å². The molecular weight excluding hydrogens is 178 g/mol. The molecule has 1 atom stereocenters. The van der Waals surface area contributed by atoms with Gasteiger partial charge in [-0.2, -0.15) is 0 Å². The number of ether oxygens (including phenoxy) is 1. The van der Waals surface area contributed by atoms with Gasteiger partial charge in [0, 0.05) is 20.7 Å². The van der Waals surface area contributed by atoms with Crippen LogP contribution < -0.4 is 0 Å². The minimum absolute atomic E-state index is 0.0967. The van der Waals surface area contributed by atoms with Crippen molar-refractivity contribution >= 4 is 5.91 Å². The number of carbonyl (C=O) groups excluding carboxylic acids is 1. The Morgan fingerprint density at radius 2 is 2.07 bits per heavy atom. The quantitative estimate of drug-likeness (QED) is 0.689. The number of likely N-dealkylation sites (N-methyl/N-ethyl adjacent to an activating group) is 1. The minimum Gasteiger partial charge on any atom is -0.372 e. The van der Waals surface area contributed by atoms with Gasteiger partial charge in [-0.3, -0.25) is 4.79 Å². The lowest BCUT2D eigenvalue weighted by molar-refractivity contribution is -0.140. The third-order valence-corrected chi connectivity index (χ3v) is 3.08. The van der Waals surface area contributed by atoms with Crippen LogP contribution in [0.3, 0.4) is 0 Å². The molecule has 3 nitrogen and oxygen atoms in total. The Morgan fingerprint density at radius 3 is 2.57 bits per heavy atom. The van der Waals surface area contributed by atoms with E-state index in [1.165, 1.54) is 25.7 Å². The molecule has 1 fully saturated rings. The third kappa shape index (κ3) is 2.98. The van der Waals surface area contributed by atoms with Gasteiger partial charge in [-0.1, -0.05) is 12.8 Å². The van der Waals surface area contributed by atoms with Crippen LogP contribution >= 0.6 is 0 Å². The summed E-state index contributed by atoms with van der Waals surface area (Å²) in [6.07, 6.45) is 4.90. The summed E-state index contributed by atoms with van der Waals surface area (Å²) in [4.78, 5) is 13.5. The Bertz CT molecular complexity index is 188. The van der Waals surface area contributed by atoms with Gasteiger partial charge in [-0.15, -0.1) is 0 Å². The number of nitrogens with zero attached hydrogens (tertiary/aromatic N) is 1. The molecule has 1 aliphatic rings. The molecule has 0 bridgehead atoms. The predicted octanol–water partition coefficient (Wildman–Crippen LogP) is 1.67. The second-order valence-corrected chi connectivity index (χ2v) is 4.25. The Hall–Kier alpha value is -0.570. The number of methoxy groups -OCH3 is 1. The molecule has 82 valence electrons. The van der Waals surface area contributed by atoms with Gasteiger partial charge < -0.3 is 9.64 Å². The van der Waals surface area contributed by atoms with Gasteiger partial charge >= 0.3 is 0 Å². The molecule has 1 aliphatic carbocycles. The topological polar surface area (TPSA) is 29.5 Å². The lowest BCUT2D eigenvalue weighted by atomic mass is 10.1. The molecule has 1 unspecified atom stereocenters. The van der Waals surface area contributed by atoms with Crippen LogP contribution in [0.1, 0.15) is 32.6 Å². The Morgan fingerprint density at radius 1 is 1.50 bits per heavy atom. The van der Waals surface area contributed by atoms with Gasteiger partial charge in [0.05, 0.1) is 0 Å². The Balaban J connectivity index is 2.32. The standard InChI is InChI=1S/C11H21NO2/c1-9(14-3)11(13)12(2)8-10-6-4-5-7-10/h9-10H,4-8H2,1-3H3. The molecule has 14 heavy (non-hydrogen) atoms. The summed E-state index contributed by atoms with van der Waals surface area (Å²) in [6.45, 7) is 2.69. The van der Waals surface area contributed by atoms with Crippen LogP contribution in [0.5, 0.6) is 0 Å². The summed E-state index contributed by atoms with van der Waals surface area (Å²) in [5.41, 5.74) is 0. The fourth-order valence-electron chi connectivity index (χ4n) is 2.08. The molecule has 1 saturated carbocycles. The van der Waals surface area contributed by atoms with Gasteiger partial charge in [0.1, 0.15) is 6.10 Å². The van der Waals surface area contributed by atoms with Crippen molar-refractivity contribution < 1.29 is 9.53 Å². The Kier molecular flexibility index (Phi) is 4.39. The molecule has 0 aromatic heterocycles. The van der Waals surface area contributed by atoms with Crippen LogP contribution in [0.25, 0.3) is 0 Å². The maximum atomic E-state index is 11.7. The summed E-state index contributed by atoms with van der Waals surface area (Å²) in [7, 11) is 3.45. The smallest absolute Gasteiger partial charge is 0.251 e. The number of amides is 1. The first-order valence-electron chi connectivity index (χ1n) is 5.43. The first-order chi connectivity index (χ1) is 6.65. The lowest BCUT2D eigenvalue weighted by Gasteiger charge is -2.23. The summed E-state index contributed by atoms with van der Waals surface area (Å²) in [6, 6.07) is 0. The molecule has 1 rings (SSSR count). The molecule has 3 heteroatoms. The van der Waals surface area contributed by atoms with Crippen LogP contribution in [0, 0.1) is 5.92 Å². The summed E-state index contributed by atoms with van der Waals surface area (Å²) in [5, 5.41) is 0. The average molecular weight is 199 g/mol. The van der Waals surface area contributed by atoms with E-state index in [2.05, 4.69) is 0 Å². The highest BCUT2D eigenvalue weighted by atomic mass is 16.5. The van der Waals surface area contributed by atoms with Crippen molar-refractivity contribution in [2.45, 2.75) is 38.7 Å². The van der Waals surface area contributed by atoms with E-state index in [0.717, 1.165) is 6.54 Å². The third-order valence-electron chi connectivity index (χ3n) is 3.08. The van der Waals surface area contributed by atoms with E-state index in [0.29, 0.717) is 5.92 Å². The van der Waals surface area contributed by atoms with Crippen LogP contribution in [0.15, 0.2) is 0 Å². The monoisotopic (exact) mass is 199 g/mol. The largest absolute Gasteiger partial charge is 0.372 e. The number of hydrogen-bond acceptors (Lipinski definition) is 2. The van der Waals surface area contributed by atoms with Gasteiger partial charge in [0.25, 0.3) is 5.91 Å². The van der Waals surface area contributed by atoms with E-state index >= 15 is 0 Å². The van der Waals surface area contributed by atoms with Gasteiger partial charge in [0.15, 0.2) is 0 Å². The molecule has 0 aliphatic heterocycles. The number of carbonyl (C=O) groups is 1. The minimum atomic E-state index is -0.304. The average Bonchev–Trinajstić information content (AvgIpc) is 2.68. The maximum absolute atomic E-state index is 11.7. The second-order valence-electron chi connectivity index (χ2n) is 4.25. The van der Waals surface area contributed by atoms with Crippen LogP contribution in [-0.4, -0.2) is 37.6 Å². The molecule has 0 radical (unpaired) electrons. The molecule has 0 spiro atoms. The van der Waals surface area contributed by atoms with E-state index in [1.807, 2.05) is 11.9 Å². The van der Waals surface area contributed by atoms with E-state index in [1.54, 1.807) is 14.0 Å². The second kappa shape index (κ2) is 5.35. The van der Waals surface area contributed by atoms with E-state index < -0.39 is 0 Å². The zero-order valence-corrected chi connectivity index (χ0v) is 9.45. The highest BCUT2D eigenvalue weighted by Crippen LogP contribution is 2.25. The SMILES string of the molecule is COC(C)C(=O)N(C)CC1CCCC1. The summed E-state index contributed by atoms with van der Waals surface area (Å²) in [5.74, 6) is 0.812. The number of hydrogen-bond donors (Lipinski definition) is 0. The Labute approximate surface area is 86.4 Å². The zero-order chi connectivity index (χ0) is 10.6. The molecule has 0 N–H and O–H groups in total. The molecule has 0 saturated heterocycles. The fourth-order valence-corrected chi connectivity index (χ4v) is 2.08. The van der Waals surface area contributed by atoms with E-state index in [4.69, 9.17) is 4.74 Å². The lowest BCUT2D eigenvalue weighted by Crippen LogP contribution is -2.38. The van der Waals surface area contributed by atoms with Gasteiger partial charge in [0.2, 0.25) is 0 Å². The molecule has 0 aromatic carbocycles. The van der Waals surface area contributed by atoms with Crippen molar-refractivity contribution in [3.63, 3.8) is 0 Å². The van der Waals surface area contributed by atoms with Gasteiger partial charge in [-0.25, -0.2) is 0 Å². The van der Waals surface area contributed by atoms with Crippen LogP contribution in [-0.2, 0) is 9.53 Å². The zero-order valence-electron chi connectivity index (χ0n) is 9.45. The number of rotatable bonds is 4. The molecular formula is C11H21NO2. The van der Waals surface area contributed by atoms with Crippen molar-refractivity contribution in [3.8, 4) is 0 Å².